The molecule has 1 saturated heterocycles. The summed E-state index contributed by atoms with van der Waals surface area (Å²) in [4.78, 5) is 3.05. The molecule has 90 valence electrons. The van der Waals surface area contributed by atoms with Gasteiger partial charge in [0.1, 0.15) is 0 Å². The maximum atomic E-state index is 5.53. The minimum absolute atomic E-state index is 0.491. The SMILES string of the molecule is CC(C)Cc1ccc(CC(C)C2OC2C)s1. The first-order valence-electron chi connectivity index (χ1n) is 6.29. The number of ether oxygens (including phenoxy) is 1. The van der Waals surface area contributed by atoms with Crippen LogP contribution in [-0.4, -0.2) is 12.2 Å². The van der Waals surface area contributed by atoms with Crippen LogP contribution in [0.4, 0.5) is 0 Å². The summed E-state index contributed by atoms with van der Waals surface area (Å²) in [7, 11) is 0. The predicted molar refractivity (Wildman–Crippen MR) is 70.1 cm³/mol. The van der Waals surface area contributed by atoms with Crippen molar-refractivity contribution in [2.45, 2.75) is 52.7 Å². The Kier molecular flexibility index (Phi) is 3.70. The molecule has 1 nitrogen and oxygen atoms in total. The van der Waals surface area contributed by atoms with Gasteiger partial charge in [-0.3, -0.25) is 0 Å². The molecule has 1 aromatic heterocycles. The summed E-state index contributed by atoms with van der Waals surface area (Å²) in [6.45, 7) is 9.03. The van der Waals surface area contributed by atoms with Gasteiger partial charge in [-0.2, -0.15) is 0 Å². The lowest BCUT2D eigenvalue weighted by atomic mass is 10.0. The molecule has 0 amide bonds. The van der Waals surface area contributed by atoms with Crippen molar-refractivity contribution in [3.05, 3.63) is 21.9 Å². The van der Waals surface area contributed by atoms with Crippen molar-refractivity contribution in [1.82, 2.24) is 0 Å². The third kappa shape index (κ3) is 3.08. The minimum Gasteiger partial charge on any atom is -0.370 e. The molecule has 0 N–H and O–H groups in total. The van der Waals surface area contributed by atoms with Gasteiger partial charge in [-0.15, -0.1) is 11.3 Å². The zero-order valence-electron chi connectivity index (χ0n) is 10.7. The molecule has 16 heavy (non-hydrogen) atoms. The number of hydrogen-bond acceptors (Lipinski definition) is 2. The molecular formula is C14H22OS. The number of epoxide rings is 1. The van der Waals surface area contributed by atoms with Gasteiger partial charge < -0.3 is 4.74 Å². The molecule has 2 heterocycles. The van der Waals surface area contributed by atoms with Crippen molar-refractivity contribution >= 4 is 11.3 Å². The van der Waals surface area contributed by atoms with Crippen molar-refractivity contribution in [3.8, 4) is 0 Å². The van der Waals surface area contributed by atoms with Crippen LogP contribution in [-0.2, 0) is 17.6 Å². The van der Waals surface area contributed by atoms with E-state index in [1.54, 1.807) is 0 Å². The van der Waals surface area contributed by atoms with E-state index in [4.69, 9.17) is 4.74 Å². The average molecular weight is 238 g/mol. The first kappa shape index (κ1) is 12.1. The van der Waals surface area contributed by atoms with Gasteiger partial charge in [0.2, 0.25) is 0 Å². The highest BCUT2D eigenvalue weighted by Crippen LogP contribution is 2.32. The third-order valence-corrected chi connectivity index (χ3v) is 4.30. The van der Waals surface area contributed by atoms with Gasteiger partial charge in [0.15, 0.2) is 0 Å². The summed E-state index contributed by atoms with van der Waals surface area (Å²) >= 11 is 1.98. The molecule has 3 unspecified atom stereocenters. The Labute approximate surface area is 103 Å². The smallest absolute Gasteiger partial charge is 0.0867 e. The summed E-state index contributed by atoms with van der Waals surface area (Å²) < 4.78 is 5.53. The lowest BCUT2D eigenvalue weighted by Gasteiger charge is -2.05. The molecule has 1 aliphatic rings. The fourth-order valence-corrected chi connectivity index (χ4v) is 3.65. The van der Waals surface area contributed by atoms with Crippen molar-refractivity contribution in [3.63, 3.8) is 0 Å². The van der Waals surface area contributed by atoms with Crippen LogP contribution in [0.1, 0.15) is 37.4 Å². The van der Waals surface area contributed by atoms with Gasteiger partial charge in [-0.1, -0.05) is 20.8 Å². The molecule has 1 aliphatic heterocycles. The summed E-state index contributed by atoms with van der Waals surface area (Å²) in [5, 5.41) is 0. The first-order chi connectivity index (χ1) is 7.56. The molecule has 0 radical (unpaired) electrons. The zero-order valence-corrected chi connectivity index (χ0v) is 11.5. The van der Waals surface area contributed by atoms with Crippen LogP contribution in [0.25, 0.3) is 0 Å². The van der Waals surface area contributed by atoms with E-state index in [9.17, 15) is 0 Å². The number of hydrogen-bond donors (Lipinski definition) is 0. The summed E-state index contributed by atoms with van der Waals surface area (Å²) in [5.74, 6) is 1.43. The van der Waals surface area contributed by atoms with Crippen molar-refractivity contribution < 1.29 is 4.74 Å². The standard InChI is InChI=1S/C14H22OS/c1-9(2)7-12-5-6-13(16-12)8-10(3)14-11(4)15-14/h5-6,9-11,14H,7-8H2,1-4H3. The van der Waals surface area contributed by atoms with Crippen LogP contribution in [0.5, 0.6) is 0 Å². The van der Waals surface area contributed by atoms with Gasteiger partial charge >= 0.3 is 0 Å². The van der Waals surface area contributed by atoms with Crippen LogP contribution in [0.15, 0.2) is 12.1 Å². The Balaban J connectivity index is 1.87. The number of thiophene rings is 1. The maximum Gasteiger partial charge on any atom is 0.0867 e. The van der Waals surface area contributed by atoms with E-state index in [1.807, 2.05) is 11.3 Å². The Morgan fingerprint density at radius 3 is 2.25 bits per heavy atom. The molecule has 0 aromatic carbocycles. The van der Waals surface area contributed by atoms with E-state index >= 15 is 0 Å². The van der Waals surface area contributed by atoms with Gasteiger partial charge in [-0.05, 0) is 43.7 Å². The van der Waals surface area contributed by atoms with Gasteiger partial charge in [0.05, 0.1) is 12.2 Å². The Hall–Kier alpha value is -0.340. The Morgan fingerprint density at radius 1 is 1.19 bits per heavy atom. The lowest BCUT2D eigenvalue weighted by molar-refractivity contribution is 0.329. The van der Waals surface area contributed by atoms with Crippen LogP contribution >= 0.6 is 11.3 Å². The molecule has 3 atom stereocenters. The van der Waals surface area contributed by atoms with Crippen LogP contribution in [0.2, 0.25) is 0 Å². The molecule has 1 fully saturated rings. The van der Waals surface area contributed by atoms with E-state index in [0.29, 0.717) is 18.1 Å². The highest BCUT2D eigenvalue weighted by Gasteiger charge is 2.38. The van der Waals surface area contributed by atoms with Gasteiger partial charge in [-0.25, -0.2) is 0 Å². The molecule has 0 aliphatic carbocycles. The molecule has 0 spiro atoms. The molecular weight excluding hydrogens is 216 g/mol. The van der Waals surface area contributed by atoms with Crippen LogP contribution in [0.3, 0.4) is 0 Å². The van der Waals surface area contributed by atoms with Gasteiger partial charge in [0.25, 0.3) is 0 Å². The number of rotatable bonds is 5. The highest BCUT2D eigenvalue weighted by molar-refractivity contribution is 7.11. The molecule has 0 saturated carbocycles. The Bertz CT molecular complexity index is 342. The fourth-order valence-electron chi connectivity index (χ4n) is 2.28. The molecule has 0 bridgehead atoms. The monoisotopic (exact) mass is 238 g/mol. The molecule has 2 rings (SSSR count). The first-order valence-corrected chi connectivity index (χ1v) is 7.11. The van der Waals surface area contributed by atoms with E-state index < -0.39 is 0 Å². The second kappa shape index (κ2) is 4.89. The Morgan fingerprint density at radius 2 is 1.75 bits per heavy atom. The van der Waals surface area contributed by atoms with E-state index in [1.165, 1.54) is 22.6 Å². The maximum absolute atomic E-state index is 5.53. The van der Waals surface area contributed by atoms with Crippen LogP contribution in [0, 0.1) is 11.8 Å². The lowest BCUT2D eigenvalue weighted by Crippen LogP contribution is -2.07. The average Bonchev–Trinajstić information content (AvgIpc) is 2.76. The van der Waals surface area contributed by atoms with Crippen molar-refractivity contribution in [1.29, 1.82) is 0 Å². The third-order valence-electron chi connectivity index (χ3n) is 3.17. The van der Waals surface area contributed by atoms with Crippen LogP contribution < -0.4 is 0 Å². The minimum atomic E-state index is 0.491. The normalized spacial score (nSPS) is 26.1. The summed E-state index contributed by atoms with van der Waals surface area (Å²) in [6.07, 6.45) is 3.40. The highest BCUT2D eigenvalue weighted by atomic mass is 32.1. The summed E-state index contributed by atoms with van der Waals surface area (Å²) in [6, 6.07) is 4.59. The predicted octanol–water partition coefficient (Wildman–Crippen LogP) is 3.91. The van der Waals surface area contributed by atoms with E-state index in [2.05, 4.69) is 39.8 Å². The topological polar surface area (TPSA) is 12.5 Å². The fraction of sp³-hybridized carbons (Fsp3) is 0.714. The quantitative estimate of drug-likeness (QED) is 0.708. The van der Waals surface area contributed by atoms with Crippen molar-refractivity contribution in [2.24, 2.45) is 11.8 Å². The van der Waals surface area contributed by atoms with E-state index in [0.717, 1.165) is 5.92 Å². The van der Waals surface area contributed by atoms with Crippen molar-refractivity contribution in [2.75, 3.05) is 0 Å². The second-order valence-corrected chi connectivity index (χ2v) is 6.71. The zero-order chi connectivity index (χ0) is 11.7. The second-order valence-electron chi connectivity index (χ2n) is 5.45. The molecule has 2 heteroatoms. The summed E-state index contributed by atoms with van der Waals surface area (Å²) in [5.41, 5.74) is 0. The van der Waals surface area contributed by atoms with E-state index in [-0.39, 0.29) is 0 Å². The molecule has 1 aromatic rings. The van der Waals surface area contributed by atoms with Gasteiger partial charge in [0, 0.05) is 9.75 Å². The largest absolute Gasteiger partial charge is 0.370 e.